The third kappa shape index (κ3) is 4.39. The van der Waals surface area contributed by atoms with Crippen LogP contribution in [0.4, 0.5) is 17.1 Å². The molecule has 3 amide bonds. The van der Waals surface area contributed by atoms with Crippen LogP contribution in [0.25, 0.3) is 0 Å². The van der Waals surface area contributed by atoms with Crippen molar-refractivity contribution < 1.29 is 14.4 Å². The van der Waals surface area contributed by atoms with Gasteiger partial charge in [-0.1, -0.05) is 6.07 Å². The van der Waals surface area contributed by atoms with Gasteiger partial charge in [0.1, 0.15) is 12.6 Å². The van der Waals surface area contributed by atoms with E-state index in [-0.39, 0.29) is 30.3 Å². The highest BCUT2D eigenvalue weighted by Crippen LogP contribution is 2.40. The third-order valence-electron chi connectivity index (χ3n) is 6.92. The molecule has 3 heterocycles. The molecule has 2 fully saturated rings. The van der Waals surface area contributed by atoms with Crippen LogP contribution >= 0.6 is 11.8 Å². The Hall–Kier alpha value is -3.00. The minimum atomic E-state index is -0.256. The largest absolute Gasteiger partial charge is 0.358 e. The molecule has 7 nitrogen and oxygen atoms in total. The first kappa shape index (κ1) is 22.8. The summed E-state index contributed by atoms with van der Waals surface area (Å²) < 4.78 is 0. The zero-order valence-electron chi connectivity index (χ0n) is 19.5. The SMILES string of the molecule is CSc1cccc(NC(=O)CN2C(=O)[C@H]3CCCCN3c3ccc(C(=O)N4CCCC4)cc32)c1. The fourth-order valence-electron chi connectivity index (χ4n) is 5.20. The minimum absolute atomic E-state index is 0.00759. The average Bonchev–Trinajstić information content (AvgIpc) is 3.41. The highest BCUT2D eigenvalue weighted by Gasteiger charge is 2.40. The Morgan fingerprint density at radius 3 is 2.59 bits per heavy atom. The maximum Gasteiger partial charge on any atom is 0.253 e. The van der Waals surface area contributed by atoms with E-state index in [1.54, 1.807) is 22.7 Å². The first-order chi connectivity index (χ1) is 16.5. The zero-order valence-corrected chi connectivity index (χ0v) is 20.3. The van der Waals surface area contributed by atoms with Crippen LogP contribution in [0.3, 0.4) is 0 Å². The Kier molecular flexibility index (Phi) is 6.50. The summed E-state index contributed by atoms with van der Waals surface area (Å²) in [6, 6.07) is 13.0. The molecule has 178 valence electrons. The number of thioether (sulfide) groups is 1. The number of carbonyl (C=O) groups is 3. The van der Waals surface area contributed by atoms with Crippen LogP contribution in [0.5, 0.6) is 0 Å². The van der Waals surface area contributed by atoms with Crippen molar-refractivity contribution in [3.63, 3.8) is 0 Å². The predicted molar refractivity (Wildman–Crippen MR) is 136 cm³/mol. The molecule has 0 aliphatic carbocycles. The molecule has 5 rings (SSSR count). The van der Waals surface area contributed by atoms with E-state index in [1.807, 2.05) is 47.6 Å². The number of hydrogen-bond acceptors (Lipinski definition) is 5. The van der Waals surface area contributed by atoms with Crippen LogP contribution in [0.15, 0.2) is 47.4 Å². The highest BCUT2D eigenvalue weighted by molar-refractivity contribution is 7.98. The molecule has 0 aromatic heterocycles. The summed E-state index contributed by atoms with van der Waals surface area (Å²) in [5.41, 5.74) is 2.86. The molecular weight excluding hydrogens is 448 g/mol. The van der Waals surface area contributed by atoms with Crippen molar-refractivity contribution in [3.05, 3.63) is 48.0 Å². The maximum atomic E-state index is 13.6. The lowest BCUT2D eigenvalue weighted by atomic mass is 9.95. The van der Waals surface area contributed by atoms with Crippen molar-refractivity contribution in [2.45, 2.75) is 43.0 Å². The Morgan fingerprint density at radius 1 is 1.00 bits per heavy atom. The second-order valence-electron chi connectivity index (χ2n) is 9.11. The summed E-state index contributed by atoms with van der Waals surface area (Å²) in [6.07, 6.45) is 6.84. The average molecular weight is 479 g/mol. The standard InChI is InChI=1S/C26H30N4O3S/c1-34-20-8-6-7-19(16-20)27-24(31)17-30-23-15-18(25(32)28-12-4-5-13-28)10-11-21(23)29-14-3-2-9-22(29)26(30)33/h6-8,10-11,15-16,22H,2-5,9,12-14,17H2,1H3,(H,27,31)/t22-/m1/s1. The second-order valence-corrected chi connectivity index (χ2v) is 9.99. The summed E-state index contributed by atoms with van der Waals surface area (Å²) in [4.78, 5) is 46.3. The zero-order chi connectivity index (χ0) is 23.7. The molecule has 0 bridgehead atoms. The molecule has 34 heavy (non-hydrogen) atoms. The van der Waals surface area contributed by atoms with Crippen LogP contribution < -0.4 is 15.1 Å². The molecule has 0 unspecified atom stereocenters. The molecule has 2 saturated heterocycles. The number of hydrogen-bond donors (Lipinski definition) is 1. The molecule has 1 atom stereocenters. The number of anilines is 3. The molecule has 2 aromatic carbocycles. The predicted octanol–water partition coefficient (Wildman–Crippen LogP) is 3.99. The third-order valence-corrected chi connectivity index (χ3v) is 7.65. The smallest absolute Gasteiger partial charge is 0.253 e. The van der Waals surface area contributed by atoms with Gasteiger partial charge < -0.3 is 15.1 Å². The Bertz CT molecular complexity index is 1110. The number of rotatable bonds is 5. The number of benzene rings is 2. The fraction of sp³-hybridized carbons (Fsp3) is 0.423. The topological polar surface area (TPSA) is 73.0 Å². The van der Waals surface area contributed by atoms with Gasteiger partial charge in [-0.25, -0.2) is 0 Å². The van der Waals surface area contributed by atoms with E-state index in [4.69, 9.17) is 0 Å². The van der Waals surface area contributed by atoms with E-state index in [9.17, 15) is 14.4 Å². The van der Waals surface area contributed by atoms with E-state index in [1.165, 1.54) is 0 Å². The van der Waals surface area contributed by atoms with E-state index in [0.29, 0.717) is 16.9 Å². The first-order valence-corrected chi connectivity index (χ1v) is 13.2. The molecule has 3 aliphatic heterocycles. The molecule has 2 aromatic rings. The Labute approximate surface area is 204 Å². The Balaban J connectivity index is 1.44. The van der Waals surface area contributed by atoms with Crippen molar-refractivity contribution in [2.24, 2.45) is 0 Å². The van der Waals surface area contributed by atoms with Gasteiger partial charge in [-0.2, -0.15) is 0 Å². The van der Waals surface area contributed by atoms with Crippen molar-refractivity contribution in [2.75, 3.05) is 47.6 Å². The van der Waals surface area contributed by atoms with Gasteiger partial charge in [-0.3, -0.25) is 19.3 Å². The molecule has 0 spiro atoms. The molecule has 8 heteroatoms. The monoisotopic (exact) mass is 478 g/mol. The summed E-state index contributed by atoms with van der Waals surface area (Å²) >= 11 is 1.61. The van der Waals surface area contributed by atoms with Crippen molar-refractivity contribution in [3.8, 4) is 0 Å². The lowest BCUT2D eigenvalue weighted by Gasteiger charge is -2.45. The van der Waals surface area contributed by atoms with E-state index >= 15 is 0 Å². The summed E-state index contributed by atoms with van der Waals surface area (Å²) in [5, 5.41) is 2.93. The number of carbonyl (C=O) groups excluding carboxylic acids is 3. The highest BCUT2D eigenvalue weighted by atomic mass is 32.2. The van der Waals surface area contributed by atoms with Gasteiger partial charge in [0.05, 0.1) is 11.4 Å². The van der Waals surface area contributed by atoms with Gasteiger partial charge in [-0.15, -0.1) is 11.8 Å². The number of fused-ring (bicyclic) bond motifs is 3. The number of nitrogens with one attached hydrogen (secondary N) is 1. The van der Waals surface area contributed by atoms with Crippen LogP contribution in [-0.2, 0) is 9.59 Å². The van der Waals surface area contributed by atoms with Crippen molar-refractivity contribution in [1.29, 1.82) is 0 Å². The normalized spacial score (nSPS) is 19.6. The number of likely N-dealkylation sites (tertiary alicyclic amines) is 1. The van der Waals surface area contributed by atoms with Crippen LogP contribution in [0, 0.1) is 0 Å². The molecular formula is C26H30N4O3S. The number of piperidine rings is 1. The van der Waals surface area contributed by atoms with Gasteiger partial charge >= 0.3 is 0 Å². The number of amides is 3. The Morgan fingerprint density at radius 2 is 1.79 bits per heavy atom. The van der Waals surface area contributed by atoms with E-state index in [0.717, 1.165) is 62.3 Å². The summed E-state index contributed by atoms with van der Waals surface area (Å²) in [5.74, 6) is -0.323. The van der Waals surface area contributed by atoms with E-state index < -0.39 is 0 Å². The molecule has 0 saturated carbocycles. The lowest BCUT2D eigenvalue weighted by Crippen LogP contribution is -2.56. The summed E-state index contributed by atoms with van der Waals surface area (Å²) in [6.45, 7) is 2.26. The quantitative estimate of drug-likeness (QED) is 0.658. The van der Waals surface area contributed by atoms with Gasteiger partial charge in [0, 0.05) is 35.8 Å². The van der Waals surface area contributed by atoms with Crippen LogP contribution in [0.2, 0.25) is 0 Å². The van der Waals surface area contributed by atoms with Gasteiger partial charge in [0.15, 0.2) is 0 Å². The van der Waals surface area contributed by atoms with Gasteiger partial charge in [-0.05, 0) is 74.8 Å². The lowest BCUT2D eigenvalue weighted by molar-refractivity contribution is -0.123. The summed E-state index contributed by atoms with van der Waals surface area (Å²) in [7, 11) is 0. The number of nitrogens with zero attached hydrogens (tertiary/aromatic N) is 3. The first-order valence-electron chi connectivity index (χ1n) is 12.0. The van der Waals surface area contributed by atoms with Crippen LogP contribution in [-0.4, -0.2) is 61.1 Å². The van der Waals surface area contributed by atoms with Gasteiger partial charge in [0.25, 0.3) is 5.91 Å². The second kappa shape index (κ2) is 9.70. The van der Waals surface area contributed by atoms with Crippen molar-refractivity contribution in [1.82, 2.24) is 4.90 Å². The minimum Gasteiger partial charge on any atom is -0.358 e. The molecule has 0 radical (unpaired) electrons. The van der Waals surface area contributed by atoms with E-state index in [2.05, 4.69) is 10.2 Å². The maximum absolute atomic E-state index is 13.6. The van der Waals surface area contributed by atoms with Gasteiger partial charge in [0.2, 0.25) is 11.8 Å². The van der Waals surface area contributed by atoms with Crippen LogP contribution in [0.1, 0.15) is 42.5 Å². The molecule has 1 N–H and O–H groups in total. The molecule has 3 aliphatic rings. The fourth-order valence-corrected chi connectivity index (χ4v) is 5.66. The van der Waals surface area contributed by atoms with Crippen molar-refractivity contribution >= 4 is 46.5 Å².